The van der Waals surface area contributed by atoms with Crippen molar-refractivity contribution in [3.8, 4) is 5.75 Å². The number of hydrogen-bond acceptors (Lipinski definition) is 5. The average molecular weight is 449 g/mol. The molecule has 8 heteroatoms. The van der Waals surface area contributed by atoms with Crippen LogP contribution in [-0.4, -0.2) is 55.3 Å². The van der Waals surface area contributed by atoms with Crippen LogP contribution in [0.4, 0.5) is 0 Å². The maximum atomic E-state index is 13.2. The molecule has 2 aliphatic rings. The second-order valence-corrected chi connectivity index (χ2v) is 11.2. The van der Waals surface area contributed by atoms with Crippen molar-refractivity contribution in [1.29, 1.82) is 0 Å². The van der Waals surface area contributed by atoms with E-state index in [9.17, 15) is 13.2 Å². The first-order valence-corrected chi connectivity index (χ1v) is 12.8. The molecule has 1 aromatic heterocycles. The second kappa shape index (κ2) is 8.69. The Labute approximate surface area is 182 Å². The van der Waals surface area contributed by atoms with Crippen LogP contribution in [0.2, 0.25) is 0 Å². The van der Waals surface area contributed by atoms with Crippen molar-refractivity contribution >= 4 is 27.3 Å². The number of likely N-dealkylation sites (tertiary alicyclic amines) is 1. The lowest BCUT2D eigenvalue weighted by atomic mass is 10.1. The monoisotopic (exact) mass is 448 g/mol. The van der Waals surface area contributed by atoms with Gasteiger partial charge >= 0.3 is 0 Å². The van der Waals surface area contributed by atoms with Gasteiger partial charge in [-0.25, -0.2) is 8.42 Å². The standard InChI is InChI=1S/C22H28N2O4S2/c1-16-7-8-17(2)20(15-16)28-18-9-12-23(13-10-18)22(25)19-5-3-11-24(19)30(26,27)21-6-4-14-29-21/h4,6-8,14-15,18-19H,3,5,9-13H2,1-2H3. The number of aryl methyl sites for hydroxylation is 2. The summed E-state index contributed by atoms with van der Waals surface area (Å²) in [6.07, 6.45) is 2.88. The summed E-state index contributed by atoms with van der Waals surface area (Å²) < 4.78 is 33.8. The van der Waals surface area contributed by atoms with Gasteiger partial charge in [-0.05, 0) is 55.3 Å². The van der Waals surface area contributed by atoms with Crippen LogP contribution in [0.3, 0.4) is 0 Å². The summed E-state index contributed by atoms with van der Waals surface area (Å²) in [6, 6.07) is 8.93. The van der Waals surface area contributed by atoms with Crippen LogP contribution in [0.15, 0.2) is 39.9 Å². The summed E-state index contributed by atoms with van der Waals surface area (Å²) >= 11 is 1.20. The van der Waals surface area contributed by atoms with Crippen molar-refractivity contribution in [3.63, 3.8) is 0 Å². The van der Waals surface area contributed by atoms with E-state index in [1.54, 1.807) is 17.5 Å². The van der Waals surface area contributed by atoms with Crippen molar-refractivity contribution in [2.45, 2.75) is 55.9 Å². The predicted octanol–water partition coefficient (Wildman–Crippen LogP) is 3.59. The lowest BCUT2D eigenvalue weighted by molar-refractivity contribution is -0.136. The fourth-order valence-corrected chi connectivity index (χ4v) is 6.99. The normalized spacial score (nSPS) is 21.1. The number of rotatable bonds is 5. The molecule has 0 N–H and O–H groups in total. The van der Waals surface area contributed by atoms with Gasteiger partial charge in [0.1, 0.15) is 22.1 Å². The lowest BCUT2D eigenvalue weighted by Gasteiger charge is -2.35. The highest BCUT2D eigenvalue weighted by atomic mass is 32.2. The number of piperidine rings is 1. The van der Waals surface area contributed by atoms with Gasteiger partial charge in [0.25, 0.3) is 10.0 Å². The van der Waals surface area contributed by atoms with E-state index in [1.165, 1.54) is 15.6 Å². The molecule has 2 aliphatic heterocycles. The van der Waals surface area contributed by atoms with E-state index >= 15 is 0 Å². The van der Waals surface area contributed by atoms with Crippen molar-refractivity contribution in [3.05, 3.63) is 46.8 Å². The number of carbonyl (C=O) groups is 1. The quantitative estimate of drug-likeness (QED) is 0.701. The molecule has 1 atom stereocenters. The number of sulfonamides is 1. The SMILES string of the molecule is Cc1ccc(C)c(OC2CCN(C(=O)C3CCCN3S(=O)(=O)c3cccs3)CC2)c1. The zero-order valence-electron chi connectivity index (χ0n) is 17.4. The van der Waals surface area contributed by atoms with Gasteiger partial charge in [-0.15, -0.1) is 11.3 Å². The molecule has 1 amide bonds. The van der Waals surface area contributed by atoms with E-state index in [2.05, 4.69) is 18.2 Å². The largest absolute Gasteiger partial charge is 0.490 e. The molecule has 0 aliphatic carbocycles. The molecule has 3 heterocycles. The number of nitrogens with zero attached hydrogens (tertiary/aromatic N) is 2. The maximum Gasteiger partial charge on any atom is 0.253 e. The highest BCUT2D eigenvalue weighted by Gasteiger charge is 2.42. The van der Waals surface area contributed by atoms with Crippen LogP contribution in [0.25, 0.3) is 0 Å². The van der Waals surface area contributed by atoms with Crippen molar-refractivity contribution < 1.29 is 17.9 Å². The minimum atomic E-state index is -3.61. The van der Waals surface area contributed by atoms with Crippen LogP contribution in [-0.2, 0) is 14.8 Å². The smallest absolute Gasteiger partial charge is 0.253 e. The Morgan fingerprint density at radius 3 is 2.57 bits per heavy atom. The fraction of sp³-hybridized carbons (Fsp3) is 0.500. The third-order valence-electron chi connectivity index (χ3n) is 5.94. The zero-order chi connectivity index (χ0) is 21.3. The summed E-state index contributed by atoms with van der Waals surface area (Å²) in [4.78, 5) is 15.0. The number of benzene rings is 1. The van der Waals surface area contributed by atoms with Crippen LogP contribution >= 0.6 is 11.3 Å². The zero-order valence-corrected chi connectivity index (χ0v) is 19.0. The molecule has 2 saturated heterocycles. The van der Waals surface area contributed by atoms with E-state index in [4.69, 9.17) is 4.74 Å². The van der Waals surface area contributed by atoms with Gasteiger partial charge in [0.05, 0.1) is 0 Å². The number of amides is 1. The van der Waals surface area contributed by atoms with Gasteiger partial charge in [-0.3, -0.25) is 4.79 Å². The van der Waals surface area contributed by atoms with Crippen LogP contribution in [0, 0.1) is 13.8 Å². The molecule has 6 nitrogen and oxygen atoms in total. The van der Waals surface area contributed by atoms with E-state index in [-0.39, 0.29) is 12.0 Å². The first-order valence-electron chi connectivity index (χ1n) is 10.4. The fourth-order valence-electron chi connectivity index (χ4n) is 4.22. The number of hydrogen-bond donors (Lipinski definition) is 0. The van der Waals surface area contributed by atoms with Gasteiger partial charge < -0.3 is 9.64 Å². The summed E-state index contributed by atoms with van der Waals surface area (Å²) in [7, 11) is -3.61. The molecule has 1 aromatic carbocycles. The Balaban J connectivity index is 1.38. The number of thiophene rings is 1. The Kier molecular flexibility index (Phi) is 6.18. The third-order valence-corrected chi connectivity index (χ3v) is 9.22. The summed E-state index contributed by atoms with van der Waals surface area (Å²) in [5.41, 5.74) is 2.27. The first kappa shape index (κ1) is 21.3. The second-order valence-electron chi connectivity index (χ2n) is 8.12. The highest BCUT2D eigenvalue weighted by Crippen LogP contribution is 2.30. The molecule has 1 unspecified atom stereocenters. The van der Waals surface area contributed by atoms with E-state index in [1.807, 2.05) is 18.7 Å². The van der Waals surface area contributed by atoms with Crippen molar-refractivity contribution in [2.75, 3.05) is 19.6 Å². The van der Waals surface area contributed by atoms with Crippen LogP contribution < -0.4 is 4.74 Å². The average Bonchev–Trinajstić information content (AvgIpc) is 3.43. The summed E-state index contributed by atoms with van der Waals surface area (Å²) in [6.45, 7) is 5.68. The Morgan fingerprint density at radius 1 is 1.10 bits per heavy atom. The third kappa shape index (κ3) is 4.26. The Hall–Kier alpha value is -1.90. The van der Waals surface area contributed by atoms with Gasteiger partial charge in [0, 0.05) is 32.5 Å². The number of ether oxygens (including phenoxy) is 1. The minimum absolute atomic E-state index is 0.0715. The molecule has 0 bridgehead atoms. The molecule has 4 rings (SSSR count). The molecular formula is C22H28N2O4S2. The van der Waals surface area contributed by atoms with Gasteiger partial charge in [0.15, 0.2) is 0 Å². The summed E-state index contributed by atoms with van der Waals surface area (Å²) in [5, 5.41) is 1.75. The molecule has 0 radical (unpaired) electrons. The van der Waals surface area contributed by atoms with Gasteiger partial charge in [-0.1, -0.05) is 18.2 Å². The Bertz CT molecular complexity index is 996. The predicted molar refractivity (Wildman–Crippen MR) is 117 cm³/mol. The molecule has 30 heavy (non-hydrogen) atoms. The highest BCUT2D eigenvalue weighted by molar-refractivity contribution is 7.91. The van der Waals surface area contributed by atoms with Gasteiger partial charge in [0.2, 0.25) is 5.91 Å². The van der Waals surface area contributed by atoms with E-state index < -0.39 is 16.1 Å². The topological polar surface area (TPSA) is 66.9 Å². The maximum absolute atomic E-state index is 13.2. The lowest BCUT2D eigenvalue weighted by Crippen LogP contribution is -2.50. The van der Waals surface area contributed by atoms with E-state index in [0.29, 0.717) is 36.7 Å². The molecular weight excluding hydrogens is 420 g/mol. The summed E-state index contributed by atoms with van der Waals surface area (Å²) in [5.74, 6) is 0.835. The van der Waals surface area contributed by atoms with E-state index in [0.717, 1.165) is 29.7 Å². The van der Waals surface area contributed by atoms with Crippen molar-refractivity contribution in [2.24, 2.45) is 0 Å². The van der Waals surface area contributed by atoms with Crippen LogP contribution in [0.1, 0.15) is 36.8 Å². The Morgan fingerprint density at radius 2 is 1.87 bits per heavy atom. The van der Waals surface area contributed by atoms with Crippen molar-refractivity contribution in [1.82, 2.24) is 9.21 Å². The molecule has 2 aromatic rings. The van der Waals surface area contributed by atoms with Gasteiger partial charge in [-0.2, -0.15) is 4.31 Å². The molecule has 0 spiro atoms. The van der Waals surface area contributed by atoms with Crippen LogP contribution in [0.5, 0.6) is 5.75 Å². The minimum Gasteiger partial charge on any atom is -0.490 e. The molecule has 0 saturated carbocycles. The number of carbonyl (C=O) groups excluding carboxylic acids is 1. The molecule has 2 fully saturated rings. The molecule has 162 valence electrons. The first-order chi connectivity index (χ1) is 14.4.